The summed E-state index contributed by atoms with van der Waals surface area (Å²) < 4.78 is 10.6. The molecule has 0 spiro atoms. The summed E-state index contributed by atoms with van der Waals surface area (Å²) in [7, 11) is 1.52. The average molecular weight is 488 g/mol. The minimum atomic E-state index is -0.133. The van der Waals surface area contributed by atoms with E-state index in [-0.39, 0.29) is 29.6 Å². The molecule has 2 aliphatic heterocycles. The van der Waals surface area contributed by atoms with Gasteiger partial charge in [-0.25, -0.2) is 0 Å². The molecule has 2 aliphatic rings. The molecular weight excluding hydrogens is 458 g/mol. The number of furan rings is 1. The number of nitrogens with one attached hydrogen (secondary N) is 1. The highest BCUT2D eigenvalue weighted by atomic mass is 35.5. The Kier molecular flexibility index (Phi) is 7.77. The summed E-state index contributed by atoms with van der Waals surface area (Å²) in [4.78, 5) is 42.1. The first kappa shape index (κ1) is 24.1. The number of methoxy groups -OCH3 is 1. The van der Waals surface area contributed by atoms with Gasteiger partial charge in [0, 0.05) is 43.0 Å². The predicted octanol–water partition coefficient (Wildman–Crippen LogP) is 3.35. The van der Waals surface area contributed by atoms with Crippen LogP contribution in [0.1, 0.15) is 41.8 Å². The average Bonchev–Trinajstić information content (AvgIpc) is 3.40. The second-order valence-corrected chi connectivity index (χ2v) is 9.24. The van der Waals surface area contributed by atoms with Gasteiger partial charge >= 0.3 is 0 Å². The summed E-state index contributed by atoms with van der Waals surface area (Å²) in [5.74, 6) is 1.02. The van der Waals surface area contributed by atoms with E-state index in [0.29, 0.717) is 74.7 Å². The number of benzene rings is 1. The van der Waals surface area contributed by atoms with Crippen LogP contribution in [0.2, 0.25) is 5.02 Å². The van der Waals surface area contributed by atoms with Gasteiger partial charge in [0.1, 0.15) is 11.5 Å². The molecule has 182 valence electrons. The van der Waals surface area contributed by atoms with Crippen molar-refractivity contribution >= 4 is 29.3 Å². The van der Waals surface area contributed by atoms with Crippen LogP contribution < -0.4 is 10.1 Å². The van der Waals surface area contributed by atoms with Crippen molar-refractivity contribution in [3.63, 3.8) is 0 Å². The SMILES string of the molecule is COc1ccc(Cl)cc1C(=O)N1CCC(C(=O)N2CCC(C(=O)NCc3ccco3)CC2)CC1. The zero-order valence-corrected chi connectivity index (χ0v) is 20.1. The molecule has 9 heteroatoms. The van der Waals surface area contributed by atoms with E-state index in [2.05, 4.69) is 5.32 Å². The third-order valence-corrected chi connectivity index (χ3v) is 6.95. The topological polar surface area (TPSA) is 92.1 Å². The molecule has 0 bridgehead atoms. The number of hydrogen-bond acceptors (Lipinski definition) is 5. The van der Waals surface area contributed by atoms with Gasteiger partial charge in [-0.3, -0.25) is 14.4 Å². The quantitative estimate of drug-likeness (QED) is 0.674. The van der Waals surface area contributed by atoms with Crippen LogP contribution in [0.5, 0.6) is 5.75 Å². The number of piperidine rings is 2. The largest absolute Gasteiger partial charge is 0.496 e. The van der Waals surface area contributed by atoms with Gasteiger partial charge in [-0.05, 0) is 56.0 Å². The van der Waals surface area contributed by atoms with E-state index in [1.54, 1.807) is 35.4 Å². The van der Waals surface area contributed by atoms with E-state index in [1.165, 1.54) is 7.11 Å². The van der Waals surface area contributed by atoms with E-state index in [4.69, 9.17) is 20.8 Å². The molecule has 2 fully saturated rings. The number of hydrogen-bond donors (Lipinski definition) is 1. The van der Waals surface area contributed by atoms with E-state index in [9.17, 15) is 14.4 Å². The normalized spacial score (nSPS) is 17.5. The Bertz CT molecular complexity index is 1010. The summed E-state index contributed by atoms with van der Waals surface area (Å²) in [6.45, 7) is 2.56. The van der Waals surface area contributed by atoms with Crippen molar-refractivity contribution in [3.05, 3.63) is 52.9 Å². The van der Waals surface area contributed by atoms with Gasteiger partial charge in [0.05, 0.1) is 25.5 Å². The van der Waals surface area contributed by atoms with Crippen LogP contribution in [0.15, 0.2) is 41.0 Å². The third-order valence-electron chi connectivity index (χ3n) is 6.72. The van der Waals surface area contributed by atoms with Crippen LogP contribution in [-0.4, -0.2) is 60.8 Å². The fourth-order valence-electron chi connectivity index (χ4n) is 4.70. The van der Waals surface area contributed by atoms with Crippen molar-refractivity contribution in [2.45, 2.75) is 32.2 Å². The van der Waals surface area contributed by atoms with E-state index < -0.39 is 0 Å². The number of amides is 3. The standard InChI is InChI=1S/C25H30ClN3O5/c1-33-22-5-4-19(26)15-21(22)25(32)29-12-8-18(9-13-29)24(31)28-10-6-17(7-11-28)23(30)27-16-20-3-2-14-34-20/h2-5,14-15,17-18H,6-13,16H2,1H3,(H,27,30). The Balaban J connectivity index is 1.24. The second-order valence-electron chi connectivity index (χ2n) is 8.81. The van der Waals surface area contributed by atoms with Crippen molar-refractivity contribution < 1.29 is 23.5 Å². The minimum Gasteiger partial charge on any atom is -0.496 e. The summed E-state index contributed by atoms with van der Waals surface area (Å²) >= 11 is 6.07. The van der Waals surface area contributed by atoms with Gasteiger partial charge in [-0.1, -0.05) is 11.6 Å². The number of nitrogens with zero attached hydrogens (tertiary/aromatic N) is 2. The molecule has 0 saturated carbocycles. The van der Waals surface area contributed by atoms with Crippen LogP contribution in [0.25, 0.3) is 0 Å². The maximum Gasteiger partial charge on any atom is 0.257 e. The van der Waals surface area contributed by atoms with E-state index >= 15 is 0 Å². The summed E-state index contributed by atoms with van der Waals surface area (Å²) in [5, 5.41) is 3.39. The van der Waals surface area contributed by atoms with Crippen LogP contribution in [-0.2, 0) is 16.1 Å². The molecule has 1 N–H and O–H groups in total. The molecule has 1 aromatic heterocycles. The van der Waals surface area contributed by atoms with Crippen molar-refractivity contribution in [1.29, 1.82) is 0 Å². The first-order valence-corrected chi connectivity index (χ1v) is 12.1. The fraction of sp³-hybridized carbons (Fsp3) is 0.480. The van der Waals surface area contributed by atoms with Gasteiger partial charge in [0.15, 0.2) is 0 Å². The molecule has 0 atom stereocenters. The maximum absolute atomic E-state index is 13.1. The number of carbonyl (C=O) groups is 3. The number of ether oxygens (including phenoxy) is 1. The van der Waals surface area contributed by atoms with Gasteiger partial charge in [0.2, 0.25) is 11.8 Å². The lowest BCUT2D eigenvalue weighted by atomic mass is 9.91. The highest BCUT2D eigenvalue weighted by Crippen LogP contribution is 2.28. The van der Waals surface area contributed by atoms with Crippen LogP contribution in [0, 0.1) is 11.8 Å². The van der Waals surface area contributed by atoms with Crippen molar-refractivity contribution in [1.82, 2.24) is 15.1 Å². The zero-order valence-electron chi connectivity index (χ0n) is 19.3. The molecule has 2 saturated heterocycles. The molecule has 3 heterocycles. The van der Waals surface area contributed by atoms with Gasteiger partial charge < -0.3 is 24.3 Å². The summed E-state index contributed by atoms with van der Waals surface area (Å²) in [5.41, 5.74) is 0.437. The van der Waals surface area contributed by atoms with Crippen molar-refractivity contribution in [2.24, 2.45) is 11.8 Å². The lowest BCUT2D eigenvalue weighted by Crippen LogP contribution is -2.48. The minimum absolute atomic E-state index is 0.00626. The molecule has 34 heavy (non-hydrogen) atoms. The van der Waals surface area contributed by atoms with E-state index in [1.807, 2.05) is 11.0 Å². The second kappa shape index (κ2) is 11.0. The Hall–Kier alpha value is -3.00. The lowest BCUT2D eigenvalue weighted by molar-refractivity contribution is -0.140. The van der Waals surface area contributed by atoms with Gasteiger partial charge in [-0.15, -0.1) is 0 Å². The summed E-state index contributed by atoms with van der Waals surface area (Å²) in [6.07, 6.45) is 4.14. The highest BCUT2D eigenvalue weighted by Gasteiger charge is 2.34. The number of carbonyl (C=O) groups excluding carboxylic acids is 3. The van der Waals surface area contributed by atoms with Crippen molar-refractivity contribution in [2.75, 3.05) is 33.3 Å². The highest BCUT2D eigenvalue weighted by molar-refractivity contribution is 6.31. The molecule has 4 rings (SSSR count). The molecule has 8 nitrogen and oxygen atoms in total. The number of rotatable bonds is 6. The Labute approximate surface area is 204 Å². The monoisotopic (exact) mass is 487 g/mol. The Morgan fingerprint density at radius 1 is 1.03 bits per heavy atom. The van der Waals surface area contributed by atoms with Gasteiger partial charge in [0.25, 0.3) is 5.91 Å². The number of halogens is 1. The lowest BCUT2D eigenvalue weighted by Gasteiger charge is -2.37. The molecule has 0 radical (unpaired) electrons. The number of likely N-dealkylation sites (tertiary alicyclic amines) is 2. The van der Waals surface area contributed by atoms with Crippen molar-refractivity contribution in [3.8, 4) is 5.75 Å². The van der Waals surface area contributed by atoms with Crippen LogP contribution >= 0.6 is 11.6 Å². The zero-order chi connectivity index (χ0) is 24.1. The summed E-state index contributed by atoms with van der Waals surface area (Å²) in [6, 6.07) is 8.61. The first-order chi connectivity index (χ1) is 16.5. The molecule has 2 aromatic rings. The fourth-order valence-corrected chi connectivity index (χ4v) is 4.87. The Morgan fingerprint density at radius 2 is 1.71 bits per heavy atom. The molecular formula is C25H30ClN3O5. The molecule has 0 aliphatic carbocycles. The third kappa shape index (κ3) is 5.55. The Morgan fingerprint density at radius 3 is 2.35 bits per heavy atom. The van der Waals surface area contributed by atoms with Crippen LogP contribution in [0.3, 0.4) is 0 Å². The van der Waals surface area contributed by atoms with Crippen LogP contribution in [0.4, 0.5) is 0 Å². The molecule has 1 aromatic carbocycles. The van der Waals surface area contributed by atoms with Gasteiger partial charge in [-0.2, -0.15) is 0 Å². The first-order valence-electron chi connectivity index (χ1n) is 11.7. The predicted molar refractivity (Wildman–Crippen MR) is 126 cm³/mol. The molecule has 0 unspecified atom stereocenters. The maximum atomic E-state index is 13.1. The smallest absolute Gasteiger partial charge is 0.257 e. The van der Waals surface area contributed by atoms with E-state index in [0.717, 1.165) is 5.76 Å². The molecule has 3 amide bonds.